The summed E-state index contributed by atoms with van der Waals surface area (Å²) in [6.07, 6.45) is 5.27. The van der Waals surface area contributed by atoms with Crippen molar-refractivity contribution in [2.24, 2.45) is 0 Å². The Morgan fingerprint density at radius 3 is 2.50 bits per heavy atom. The molecule has 3 aromatic rings. The minimum atomic E-state index is 0.771. The largest absolute Gasteiger partial charge is 0.255 e. The summed E-state index contributed by atoms with van der Waals surface area (Å²) in [5.41, 5.74) is 1.68. The fourth-order valence-corrected chi connectivity index (χ4v) is 1.58. The van der Waals surface area contributed by atoms with Gasteiger partial charge in [-0.25, -0.2) is 9.97 Å². The molecule has 3 heteroatoms. The van der Waals surface area contributed by atoms with Crippen LogP contribution in [0.15, 0.2) is 42.9 Å². The van der Waals surface area contributed by atoms with E-state index >= 15 is 0 Å². The topological polar surface area (TPSA) is 38.7 Å². The number of pyridine rings is 3. The number of rotatable bonds is 0. The second-order valence-electron chi connectivity index (χ2n) is 3.07. The molecule has 0 radical (unpaired) electrons. The first kappa shape index (κ1) is 7.38. The van der Waals surface area contributed by atoms with Gasteiger partial charge < -0.3 is 0 Å². The van der Waals surface area contributed by atoms with Crippen molar-refractivity contribution >= 4 is 21.9 Å². The summed E-state index contributed by atoms with van der Waals surface area (Å²) in [4.78, 5) is 12.7. The molecule has 0 spiro atoms. The van der Waals surface area contributed by atoms with Crippen LogP contribution in [0.4, 0.5) is 0 Å². The molecule has 0 aromatic carbocycles. The summed E-state index contributed by atoms with van der Waals surface area (Å²) in [7, 11) is 0. The summed E-state index contributed by atoms with van der Waals surface area (Å²) in [6.45, 7) is 0. The Morgan fingerprint density at radius 2 is 1.57 bits per heavy atom. The molecule has 0 N–H and O–H groups in total. The normalized spacial score (nSPS) is 10.9. The number of hydrogen-bond acceptors (Lipinski definition) is 3. The van der Waals surface area contributed by atoms with Gasteiger partial charge in [-0.2, -0.15) is 0 Å². The van der Waals surface area contributed by atoms with Gasteiger partial charge in [0.2, 0.25) is 0 Å². The zero-order valence-corrected chi connectivity index (χ0v) is 7.38. The van der Waals surface area contributed by atoms with E-state index in [0.717, 1.165) is 21.9 Å². The molecule has 3 heterocycles. The highest BCUT2D eigenvalue weighted by Gasteiger charge is 2.00. The molecule has 0 aliphatic heterocycles. The van der Waals surface area contributed by atoms with E-state index in [-0.39, 0.29) is 0 Å². The summed E-state index contributed by atoms with van der Waals surface area (Å²) >= 11 is 0. The maximum absolute atomic E-state index is 4.24. The number of nitrogens with zero attached hydrogens (tertiary/aromatic N) is 3. The molecule has 0 amide bonds. The van der Waals surface area contributed by atoms with Gasteiger partial charge in [0.15, 0.2) is 5.65 Å². The van der Waals surface area contributed by atoms with E-state index in [0.29, 0.717) is 0 Å². The summed E-state index contributed by atoms with van der Waals surface area (Å²) < 4.78 is 0. The number of hydrogen-bond donors (Lipinski definition) is 0. The van der Waals surface area contributed by atoms with Crippen LogP contribution in [0.25, 0.3) is 21.9 Å². The van der Waals surface area contributed by atoms with E-state index in [4.69, 9.17) is 0 Å². The Labute approximate surface area is 80.5 Å². The molecule has 3 nitrogen and oxygen atoms in total. The van der Waals surface area contributed by atoms with Crippen LogP contribution in [0, 0.1) is 0 Å². The first-order chi connectivity index (χ1) is 6.95. The van der Waals surface area contributed by atoms with Gasteiger partial charge in [-0.15, -0.1) is 0 Å². The van der Waals surface area contributed by atoms with Crippen LogP contribution in [0.1, 0.15) is 0 Å². The van der Waals surface area contributed by atoms with E-state index in [2.05, 4.69) is 15.0 Å². The van der Waals surface area contributed by atoms with E-state index < -0.39 is 0 Å². The highest BCUT2D eigenvalue weighted by molar-refractivity contribution is 6.02. The molecular weight excluding hydrogens is 174 g/mol. The van der Waals surface area contributed by atoms with Crippen LogP contribution >= 0.6 is 0 Å². The van der Waals surface area contributed by atoms with Crippen molar-refractivity contribution < 1.29 is 0 Å². The van der Waals surface area contributed by atoms with Crippen molar-refractivity contribution in [3.8, 4) is 0 Å². The summed E-state index contributed by atoms with van der Waals surface area (Å²) in [5, 5.41) is 2.16. The van der Waals surface area contributed by atoms with E-state index in [1.807, 2.05) is 24.3 Å². The van der Waals surface area contributed by atoms with Gasteiger partial charge in [0.1, 0.15) is 0 Å². The van der Waals surface area contributed by atoms with Crippen molar-refractivity contribution in [2.45, 2.75) is 0 Å². The molecule has 0 bridgehead atoms. The first-order valence-corrected chi connectivity index (χ1v) is 4.39. The molecule has 66 valence electrons. The second kappa shape index (κ2) is 2.73. The van der Waals surface area contributed by atoms with Gasteiger partial charge in [0.25, 0.3) is 0 Å². The molecule has 0 aliphatic carbocycles. The maximum atomic E-state index is 4.24. The minimum absolute atomic E-state index is 0.771. The lowest BCUT2D eigenvalue weighted by molar-refractivity contribution is 1.28. The monoisotopic (exact) mass is 181 g/mol. The quantitative estimate of drug-likeness (QED) is 0.499. The molecule has 0 atom stereocenters. The molecule has 0 aliphatic rings. The molecular formula is C11H7N3. The van der Waals surface area contributed by atoms with Gasteiger partial charge in [0, 0.05) is 23.2 Å². The third-order valence-corrected chi connectivity index (χ3v) is 2.22. The molecule has 0 unspecified atom stereocenters. The third kappa shape index (κ3) is 0.956. The van der Waals surface area contributed by atoms with Crippen molar-refractivity contribution in [2.75, 3.05) is 0 Å². The predicted molar refractivity (Wildman–Crippen MR) is 54.8 cm³/mol. The molecule has 0 saturated heterocycles. The zero-order chi connectivity index (χ0) is 9.38. The third-order valence-electron chi connectivity index (χ3n) is 2.22. The Balaban J connectivity index is 2.61. The van der Waals surface area contributed by atoms with Crippen LogP contribution in [0.3, 0.4) is 0 Å². The molecule has 3 rings (SSSR count). The van der Waals surface area contributed by atoms with Gasteiger partial charge >= 0.3 is 0 Å². The Kier molecular flexibility index (Phi) is 1.44. The fraction of sp³-hybridized carbons (Fsp3) is 0. The molecule has 0 fully saturated rings. The SMILES string of the molecule is c1cnc2cnc3ncccc3c2c1. The summed E-state index contributed by atoms with van der Waals surface area (Å²) in [6, 6.07) is 7.89. The van der Waals surface area contributed by atoms with Gasteiger partial charge in [-0.1, -0.05) is 6.07 Å². The lowest BCUT2D eigenvalue weighted by Crippen LogP contribution is -1.85. The van der Waals surface area contributed by atoms with Gasteiger partial charge in [-0.3, -0.25) is 4.98 Å². The number of fused-ring (bicyclic) bond motifs is 3. The summed E-state index contributed by atoms with van der Waals surface area (Å²) in [5.74, 6) is 0. The Bertz CT molecular complexity index is 550. The Morgan fingerprint density at radius 1 is 0.786 bits per heavy atom. The van der Waals surface area contributed by atoms with Crippen molar-refractivity contribution in [1.29, 1.82) is 0 Å². The van der Waals surface area contributed by atoms with Crippen LogP contribution in [0.2, 0.25) is 0 Å². The predicted octanol–water partition coefficient (Wildman–Crippen LogP) is 2.18. The van der Waals surface area contributed by atoms with Crippen molar-refractivity contribution in [3.05, 3.63) is 42.9 Å². The van der Waals surface area contributed by atoms with E-state index in [1.165, 1.54) is 0 Å². The van der Waals surface area contributed by atoms with Crippen molar-refractivity contribution in [3.63, 3.8) is 0 Å². The van der Waals surface area contributed by atoms with E-state index in [9.17, 15) is 0 Å². The molecule has 0 saturated carbocycles. The average molecular weight is 181 g/mol. The lowest BCUT2D eigenvalue weighted by Gasteiger charge is -1.99. The maximum Gasteiger partial charge on any atom is 0.159 e. The van der Waals surface area contributed by atoms with Crippen LogP contribution in [-0.2, 0) is 0 Å². The second-order valence-corrected chi connectivity index (χ2v) is 3.07. The highest BCUT2D eigenvalue weighted by Crippen LogP contribution is 2.19. The fourth-order valence-electron chi connectivity index (χ4n) is 1.58. The standard InChI is InChI=1S/C11H7N3/c1-3-8-9-4-2-6-13-11(9)14-7-10(8)12-5-1/h1-7H. The highest BCUT2D eigenvalue weighted by atomic mass is 14.8. The zero-order valence-electron chi connectivity index (χ0n) is 7.38. The Hall–Kier alpha value is -2.03. The van der Waals surface area contributed by atoms with Crippen molar-refractivity contribution in [1.82, 2.24) is 15.0 Å². The van der Waals surface area contributed by atoms with Crippen LogP contribution in [0.5, 0.6) is 0 Å². The first-order valence-electron chi connectivity index (χ1n) is 4.39. The minimum Gasteiger partial charge on any atom is -0.255 e. The van der Waals surface area contributed by atoms with Gasteiger partial charge in [-0.05, 0) is 18.2 Å². The molecule has 3 aromatic heterocycles. The lowest BCUT2D eigenvalue weighted by atomic mass is 10.2. The average Bonchev–Trinajstić information content (AvgIpc) is 2.29. The molecule has 14 heavy (non-hydrogen) atoms. The van der Waals surface area contributed by atoms with Crippen LogP contribution < -0.4 is 0 Å². The smallest absolute Gasteiger partial charge is 0.159 e. The van der Waals surface area contributed by atoms with Gasteiger partial charge in [0.05, 0.1) is 11.7 Å². The van der Waals surface area contributed by atoms with E-state index in [1.54, 1.807) is 18.6 Å². The van der Waals surface area contributed by atoms with Crippen LogP contribution in [-0.4, -0.2) is 15.0 Å². The number of aromatic nitrogens is 3.